The highest BCUT2D eigenvalue weighted by Crippen LogP contribution is 2.22. The summed E-state index contributed by atoms with van der Waals surface area (Å²) in [6, 6.07) is 2.49. The quantitative estimate of drug-likeness (QED) is 0.644. The van der Waals surface area contributed by atoms with Crippen LogP contribution < -0.4 is 16.2 Å². The molecule has 2 heterocycles. The lowest BCUT2D eigenvalue weighted by Crippen LogP contribution is -2.21. The molecule has 0 radical (unpaired) electrons. The molecule has 96 valence electrons. The molecular formula is C11H12F2N4O. The third-order valence-electron chi connectivity index (χ3n) is 2.41. The fourth-order valence-corrected chi connectivity index (χ4v) is 1.56. The van der Waals surface area contributed by atoms with E-state index in [4.69, 9.17) is 10.3 Å². The highest BCUT2D eigenvalue weighted by atomic mass is 19.1. The first-order chi connectivity index (χ1) is 8.61. The molecule has 0 saturated carbocycles. The van der Waals surface area contributed by atoms with E-state index in [1.807, 2.05) is 0 Å². The smallest absolute Gasteiger partial charge is 0.178 e. The molecule has 2 aromatic rings. The van der Waals surface area contributed by atoms with Crippen molar-refractivity contribution in [2.45, 2.75) is 6.54 Å². The van der Waals surface area contributed by atoms with E-state index in [0.717, 1.165) is 11.6 Å². The van der Waals surface area contributed by atoms with Gasteiger partial charge in [-0.3, -0.25) is 0 Å². The van der Waals surface area contributed by atoms with E-state index in [1.54, 1.807) is 19.4 Å². The SMILES string of the molecule is CN(Cc1ccoc1)c1nc(NN)c(F)cc1F. The summed E-state index contributed by atoms with van der Waals surface area (Å²) in [6.07, 6.45) is 3.06. The van der Waals surface area contributed by atoms with E-state index < -0.39 is 11.6 Å². The van der Waals surface area contributed by atoms with Crippen LogP contribution in [0.5, 0.6) is 0 Å². The molecular weight excluding hydrogens is 242 g/mol. The lowest BCUT2D eigenvalue weighted by molar-refractivity contribution is 0.561. The molecule has 7 heteroatoms. The first-order valence-electron chi connectivity index (χ1n) is 5.16. The van der Waals surface area contributed by atoms with Gasteiger partial charge in [0.25, 0.3) is 0 Å². The van der Waals surface area contributed by atoms with Gasteiger partial charge in [-0.25, -0.2) is 19.6 Å². The van der Waals surface area contributed by atoms with Crippen LogP contribution in [0.25, 0.3) is 0 Å². The number of halogens is 2. The Hall–Kier alpha value is -2.15. The first-order valence-corrected chi connectivity index (χ1v) is 5.16. The molecule has 0 saturated heterocycles. The zero-order valence-electron chi connectivity index (χ0n) is 9.65. The van der Waals surface area contributed by atoms with Crippen LogP contribution in [-0.2, 0) is 6.54 Å². The molecule has 2 aromatic heterocycles. The number of hydrogen-bond acceptors (Lipinski definition) is 5. The molecule has 0 bridgehead atoms. The lowest BCUT2D eigenvalue weighted by atomic mass is 10.3. The Kier molecular flexibility index (Phi) is 3.42. The summed E-state index contributed by atoms with van der Waals surface area (Å²) < 4.78 is 31.7. The number of anilines is 2. The van der Waals surface area contributed by atoms with Crippen molar-refractivity contribution < 1.29 is 13.2 Å². The minimum absolute atomic E-state index is 0.00514. The number of rotatable bonds is 4. The van der Waals surface area contributed by atoms with Crippen LogP contribution in [0.2, 0.25) is 0 Å². The number of nitrogens with one attached hydrogen (secondary N) is 1. The van der Waals surface area contributed by atoms with Crippen LogP contribution in [0.15, 0.2) is 29.1 Å². The molecule has 5 nitrogen and oxygen atoms in total. The molecule has 0 atom stereocenters. The van der Waals surface area contributed by atoms with Crippen LogP contribution in [0.4, 0.5) is 20.4 Å². The average Bonchev–Trinajstić information content (AvgIpc) is 2.81. The van der Waals surface area contributed by atoms with Gasteiger partial charge in [-0.1, -0.05) is 0 Å². The van der Waals surface area contributed by atoms with Crippen LogP contribution >= 0.6 is 0 Å². The summed E-state index contributed by atoms with van der Waals surface area (Å²) in [5.41, 5.74) is 2.93. The van der Waals surface area contributed by atoms with Crippen molar-refractivity contribution in [3.63, 3.8) is 0 Å². The van der Waals surface area contributed by atoms with E-state index in [0.29, 0.717) is 6.54 Å². The largest absolute Gasteiger partial charge is 0.472 e. The molecule has 0 aliphatic carbocycles. The lowest BCUT2D eigenvalue weighted by Gasteiger charge is -2.18. The minimum atomic E-state index is -0.838. The first kappa shape index (κ1) is 12.3. The number of nitrogen functional groups attached to an aromatic ring is 1. The van der Waals surface area contributed by atoms with Crippen LogP contribution in [0.1, 0.15) is 5.56 Å². The zero-order chi connectivity index (χ0) is 13.1. The fraction of sp³-hybridized carbons (Fsp3) is 0.182. The van der Waals surface area contributed by atoms with E-state index >= 15 is 0 Å². The number of aromatic nitrogens is 1. The Labute approximate surface area is 102 Å². The molecule has 0 unspecified atom stereocenters. The monoisotopic (exact) mass is 254 g/mol. The Bertz CT molecular complexity index is 530. The van der Waals surface area contributed by atoms with Crippen LogP contribution in [0, 0.1) is 11.6 Å². The molecule has 0 amide bonds. The maximum absolute atomic E-state index is 13.6. The van der Waals surface area contributed by atoms with Crippen LogP contribution in [0.3, 0.4) is 0 Å². The zero-order valence-corrected chi connectivity index (χ0v) is 9.65. The van der Waals surface area contributed by atoms with E-state index in [-0.39, 0.29) is 11.6 Å². The second-order valence-corrected chi connectivity index (χ2v) is 3.76. The number of hydrogen-bond donors (Lipinski definition) is 2. The van der Waals surface area contributed by atoms with Gasteiger partial charge >= 0.3 is 0 Å². The summed E-state index contributed by atoms with van der Waals surface area (Å²) in [7, 11) is 1.64. The van der Waals surface area contributed by atoms with Crippen molar-refractivity contribution in [2.24, 2.45) is 5.84 Å². The Morgan fingerprint density at radius 2 is 2.22 bits per heavy atom. The maximum Gasteiger partial charge on any atom is 0.178 e. The molecule has 2 rings (SSSR count). The molecule has 0 spiro atoms. The number of furan rings is 1. The van der Waals surface area contributed by atoms with E-state index in [2.05, 4.69) is 10.4 Å². The van der Waals surface area contributed by atoms with Crippen molar-refractivity contribution in [1.82, 2.24) is 4.98 Å². The normalized spacial score (nSPS) is 10.4. The predicted molar refractivity (Wildman–Crippen MR) is 62.8 cm³/mol. The van der Waals surface area contributed by atoms with Crippen molar-refractivity contribution in [2.75, 3.05) is 17.4 Å². The Balaban J connectivity index is 2.26. The molecule has 0 aliphatic rings. The second-order valence-electron chi connectivity index (χ2n) is 3.76. The third-order valence-corrected chi connectivity index (χ3v) is 2.41. The Morgan fingerprint density at radius 1 is 1.44 bits per heavy atom. The van der Waals surface area contributed by atoms with Gasteiger partial charge in [0.05, 0.1) is 12.5 Å². The van der Waals surface area contributed by atoms with Crippen molar-refractivity contribution >= 4 is 11.6 Å². The highest BCUT2D eigenvalue weighted by Gasteiger charge is 2.15. The van der Waals surface area contributed by atoms with Gasteiger partial charge in [0, 0.05) is 25.2 Å². The third kappa shape index (κ3) is 2.40. The standard InChI is InChI=1S/C11H12F2N4O/c1-17(5-7-2-3-18-6-7)11-9(13)4-8(12)10(15-11)16-14/h2-4,6H,5,14H2,1H3,(H,15,16). The number of pyridine rings is 1. The predicted octanol–water partition coefficient (Wildman–Crippen LogP) is 1.87. The van der Waals surface area contributed by atoms with Crippen molar-refractivity contribution in [3.8, 4) is 0 Å². The van der Waals surface area contributed by atoms with Crippen molar-refractivity contribution in [3.05, 3.63) is 41.9 Å². The molecule has 0 aromatic carbocycles. The van der Waals surface area contributed by atoms with Gasteiger partial charge in [0.15, 0.2) is 23.3 Å². The summed E-state index contributed by atoms with van der Waals surface area (Å²) >= 11 is 0. The van der Waals surface area contributed by atoms with Gasteiger partial charge in [-0.2, -0.15) is 0 Å². The number of nitrogens with zero attached hydrogens (tertiary/aromatic N) is 2. The average molecular weight is 254 g/mol. The topological polar surface area (TPSA) is 67.3 Å². The molecule has 18 heavy (non-hydrogen) atoms. The molecule has 3 N–H and O–H groups in total. The van der Waals surface area contributed by atoms with E-state index in [9.17, 15) is 8.78 Å². The van der Waals surface area contributed by atoms with Crippen LogP contribution in [-0.4, -0.2) is 12.0 Å². The van der Waals surface area contributed by atoms with Gasteiger partial charge in [-0.05, 0) is 6.07 Å². The second kappa shape index (κ2) is 5.01. The molecule has 0 fully saturated rings. The summed E-state index contributed by atoms with van der Waals surface area (Å²) in [4.78, 5) is 5.31. The summed E-state index contributed by atoms with van der Waals surface area (Å²) in [6.45, 7) is 0.385. The van der Waals surface area contributed by atoms with Gasteiger partial charge in [-0.15, -0.1) is 0 Å². The van der Waals surface area contributed by atoms with Crippen molar-refractivity contribution in [1.29, 1.82) is 0 Å². The van der Waals surface area contributed by atoms with E-state index in [1.165, 1.54) is 11.2 Å². The van der Waals surface area contributed by atoms with Gasteiger partial charge in [0.1, 0.15) is 0 Å². The summed E-state index contributed by atoms with van der Waals surface area (Å²) in [5.74, 6) is 3.31. The number of nitrogens with two attached hydrogens (primary N) is 1. The molecule has 0 aliphatic heterocycles. The van der Waals surface area contributed by atoms with Gasteiger partial charge in [0.2, 0.25) is 0 Å². The minimum Gasteiger partial charge on any atom is -0.472 e. The Morgan fingerprint density at radius 3 is 2.83 bits per heavy atom. The highest BCUT2D eigenvalue weighted by molar-refractivity contribution is 5.48. The maximum atomic E-state index is 13.6. The fourth-order valence-electron chi connectivity index (χ4n) is 1.56. The summed E-state index contributed by atoms with van der Waals surface area (Å²) in [5, 5.41) is 0. The van der Waals surface area contributed by atoms with Gasteiger partial charge < -0.3 is 14.7 Å². The number of hydrazine groups is 1.